The zero-order valence-electron chi connectivity index (χ0n) is 7.64. The Hall–Kier alpha value is -0.570. The molecule has 1 heterocycles. The van der Waals surface area contributed by atoms with Gasteiger partial charge in [0.1, 0.15) is 5.60 Å². The Morgan fingerprint density at radius 3 is 2.18 bits per heavy atom. The predicted molar refractivity (Wildman–Crippen MR) is 44.2 cm³/mol. The molecule has 1 rings (SSSR count). The maximum Gasteiger partial charge on any atom is 0.251 e. The molecule has 0 aromatic carbocycles. The minimum atomic E-state index is -1.13. The number of carbonyl (C=O) groups is 1. The molecule has 3 heteroatoms. The molecule has 0 bridgehead atoms. The second kappa shape index (κ2) is 3.72. The van der Waals surface area contributed by atoms with Crippen molar-refractivity contribution < 1.29 is 9.90 Å². The maximum atomic E-state index is 10.7. The van der Waals surface area contributed by atoms with Crippen molar-refractivity contribution in [2.75, 3.05) is 0 Å². The highest BCUT2D eigenvalue weighted by Crippen LogP contribution is 2.18. The average molecular weight is 159 g/mol. The summed E-state index contributed by atoms with van der Waals surface area (Å²) in [6.45, 7) is 7.41. The third-order valence-corrected chi connectivity index (χ3v) is 1.57. The standard InChI is InChI=1S/C6H11NO2.C2H6/c1-4-3-6(2,9)5(8)7-4;1-2/h4,9H,3H2,1-2H3,(H,7,8);1-2H3. The molecule has 1 amide bonds. The van der Waals surface area contributed by atoms with Gasteiger partial charge in [-0.05, 0) is 13.8 Å². The van der Waals surface area contributed by atoms with Gasteiger partial charge in [-0.2, -0.15) is 0 Å². The Morgan fingerprint density at radius 2 is 2.09 bits per heavy atom. The third-order valence-electron chi connectivity index (χ3n) is 1.57. The van der Waals surface area contributed by atoms with Crippen LogP contribution in [0.15, 0.2) is 0 Å². The molecule has 11 heavy (non-hydrogen) atoms. The highest BCUT2D eigenvalue weighted by atomic mass is 16.3. The molecule has 1 aliphatic rings. The molecule has 0 aromatic rings. The van der Waals surface area contributed by atoms with Gasteiger partial charge in [0.25, 0.3) is 5.91 Å². The van der Waals surface area contributed by atoms with Crippen molar-refractivity contribution in [2.45, 2.75) is 45.8 Å². The average Bonchev–Trinajstić information content (AvgIpc) is 2.10. The summed E-state index contributed by atoms with van der Waals surface area (Å²) in [4.78, 5) is 10.7. The van der Waals surface area contributed by atoms with Gasteiger partial charge in [-0.3, -0.25) is 4.79 Å². The molecule has 0 spiro atoms. The Labute approximate surface area is 67.8 Å². The largest absolute Gasteiger partial charge is 0.380 e. The van der Waals surface area contributed by atoms with Crippen molar-refractivity contribution in [3.8, 4) is 0 Å². The highest BCUT2D eigenvalue weighted by Gasteiger charge is 2.38. The lowest BCUT2D eigenvalue weighted by molar-refractivity contribution is -0.133. The Balaban J connectivity index is 0.000000461. The molecule has 2 atom stereocenters. The van der Waals surface area contributed by atoms with Crippen LogP contribution in [0.2, 0.25) is 0 Å². The van der Waals surface area contributed by atoms with E-state index in [1.165, 1.54) is 6.92 Å². The van der Waals surface area contributed by atoms with Gasteiger partial charge >= 0.3 is 0 Å². The van der Waals surface area contributed by atoms with Crippen LogP contribution in [0.5, 0.6) is 0 Å². The quantitative estimate of drug-likeness (QED) is 0.546. The number of rotatable bonds is 0. The molecule has 2 unspecified atom stereocenters. The van der Waals surface area contributed by atoms with E-state index in [0.29, 0.717) is 6.42 Å². The molecule has 2 N–H and O–H groups in total. The summed E-state index contributed by atoms with van der Waals surface area (Å²) in [5, 5.41) is 11.8. The molecular weight excluding hydrogens is 142 g/mol. The first kappa shape index (κ1) is 10.4. The lowest BCUT2D eigenvalue weighted by Crippen LogP contribution is -2.34. The fourth-order valence-electron chi connectivity index (χ4n) is 1.12. The predicted octanol–water partition coefficient (Wildman–Crippen LogP) is 0.672. The monoisotopic (exact) mass is 159 g/mol. The van der Waals surface area contributed by atoms with Crippen LogP contribution in [0.25, 0.3) is 0 Å². The van der Waals surface area contributed by atoms with Gasteiger partial charge in [0.05, 0.1) is 0 Å². The van der Waals surface area contributed by atoms with Crippen LogP contribution < -0.4 is 5.32 Å². The van der Waals surface area contributed by atoms with Crippen LogP contribution in [0, 0.1) is 0 Å². The van der Waals surface area contributed by atoms with Gasteiger partial charge in [0.2, 0.25) is 0 Å². The summed E-state index contributed by atoms with van der Waals surface area (Å²) in [5.74, 6) is -0.255. The van der Waals surface area contributed by atoms with Crippen molar-refractivity contribution in [3.63, 3.8) is 0 Å². The molecule has 0 saturated carbocycles. The van der Waals surface area contributed by atoms with Crippen molar-refractivity contribution in [1.29, 1.82) is 0 Å². The smallest absolute Gasteiger partial charge is 0.251 e. The highest BCUT2D eigenvalue weighted by molar-refractivity contribution is 5.86. The molecule has 0 aliphatic carbocycles. The minimum Gasteiger partial charge on any atom is -0.380 e. The normalized spacial score (nSPS) is 35.7. The van der Waals surface area contributed by atoms with Crippen LogP contribution >= 0.6 is 0 Å². The topological polar surface area (TPSA) is 49.3 Å². The van der Waals surface area contributed by atoms with E-state index >= 15 is 0 Å². The molecule has 0 aromatic heterocycles. The fraction of sp³-hybridized carbons (Fsp3) is 0.875. The van der Waals surface area contributed by atoms with Crippen molar-refractivity contribution in [1.82, 2.24) is 5.32 Å². The van der Waals surface area contributed by atoms with Crippen molar-refractivity contribution in [3.05, 3.63) is 0 Å². The van der Waals surface area contributed by atoms with E-state index < -0.39 is 5.60 Å². The second-order valence-corrected chi connectivity index (χ2v) is 2.85. The number of nitrogens with one attached hydrogen (secondary N) is 1. The molecule has 1 aliphatic heterocycles. The second-order valence-electron chi connectivity index (χ2n) is 2.85. The Bertz CT molecular complexity index is 143. The SMILES string of the molecule is CC.CC1CC(C)(O)C(=O)N1. The Kier molecular flexibility index (Phi) is 3.52. The van der Waals surface area contributed by atoms with E-state index in [1.54, 1.807) is 0 Å². The zero-order chi connectivity index (χ0) is 9.07. The molecule has 1 saturated heterocycles. The van der Waals surface area contributed by atoms with Crippen LogP contribution in [-0.2, 0) is 4.79 Å². The first-order valence-corrected chi connectivity index (χ1v) is 4.06. The molecule has 1 fully saturated rings. The van der Waals surface area contributed by atoms with Crippen LogP contribution in [0.1, 0.15) is 34.1 Å². The number of carbonyl (C=O) groups excluding carboxylic acids is 1. The van der Waals surface area contributed by atoms with Gasteiger partial charge in [0.15, 0.2) is 0 Å². The molecule has 0 radical (unpaired) electrons. The molecule has 3 nitrogen and oxygen atoms in total. The van der Waals surface area contributed by atoms with Gasteiger partial charge in [0, 0.05) is 12.5 Å². The van der Waals surface area contributed by atoms with E-state index in [0.717, 1.165) is 0 Å². The lowest BCUT2D eigenvalue weighted by Gasteiger charge is -2.09. The van der Waals surface area contributed by atoms with E-state index in [-0.39, 0.29) is 11.9 Å². The minimum absolute atomic E-state index is 0.118. The number of amides is 1. The fourth-order valence-corrected chi connectivity index (χ4v) is 1.12. The van der Waals surface area contributed by atoms with E-state index in [4.69, 9.17) is 0 Å². The molecular formula is C8H17NO2. The summed E-state index contributed by atoms with van der Waals surface area (Å²) in [7, 11) is 0. The summed E-state index contributed by atoms with van der Waals surface area (Å²) in [6, 6.07) is 0.118. The zero-order valence-corrected chi connectivity index (χ0v) is 7.64. The van der Waals surface area contributed by atoms with Gasteiger partial charge in [-0.15, -0.1) is 0 Å². The van der Waals surface area contributed by atoms with Crippen LogP contribution in [0.3, 0.4) is 0 Å². The summed E-state index contributed by atoms with van der Waals surface area (Å²) in [5.41, 5.74) is -1.13. The lowest BCUT2D eigenvalue weighted by atomic mass is 10.0. The number of hydrogen-bond donors (Lipinski definition) is 2. The third kappa shape index (κ3) is 2.50. The van der Waals surface area contributed by atoms with Gasteiger partial charge < -0.3 is 10.4 Å². The van der Waals surface area contributed by atoms with E-state index in [1.807, 2.05) is 20.8 Å². The first-order valence-electron chi connectivity index (χ1n) is 4.06. The van der Waals surface area contributed by atoms with E-state index in [9.17, 15) is 9.90 Å². The number of hydrogen-bond acceptors (Lipinski definition) is 2. The summed E-state index contributed by atoms with van der Waals surface area (Å²) < 4.78 is 0. The summed E-state index contributed by atoms with van der Waals surface area (Å²) >= 11 is 0. The van der Waals surface area contributed by atoms with Gasteiger partial charge in [-0.1, -0.05) is 13.8 Å². The Morgan fingerprint density at radius 1 is 1.64 bits per heavy atom. The summed E-state index contributed by atoms with van der Waals surface area (Å²) in [6.07, 6.45) is 0.520. The maximum absolute atomic E-state index is 10.7. The molecule has 66 valence electrons. The first-order chi connectivity index (χ1) is 5.02. The van der Waals surface area contributed by atoms with Crippen LogP contribution in [-0.4, -0.2) is 22.7 Å². The van der Waals surface area contributed by atoms with Crippen molar-refractivity contribution >= 4 is 5.91 Å². The van der Waals surface area contributed by atoms with Crippen LogP contribution in [0.4, 0.5) is 0 Å². The van der Waals surface area contributed by atoms with E-state index in [2.05, 4.69) is 5.32 Å². The van der Waals surface area contributed by atoms with Crippen molar-refractivity contribution in [2.24, 2.45) is 0 Å². The van der Waals surface area contributed by atoms with Gasteiger partial charge in [-0.25, -0.2) is 0 Å². The number of aliphatic hydroxyl groups is 1.